The number of nitrogens with zero attached hydrogens (tertiary/aromatic N) is 3. The predicted molar refractivity (Wildman–Crippen MR) is 185 cm³/mol. The van der Waals surface area contributed by atoms with E-state index in [-0.39, 0.29) is 54.0 Å². The zero-order chi connectivity index (χ0) is 36.0. The third-order valence-electron chi connectivity index (χ3n) is 9.21. The highest BCUT2D eigenvalue weighted by Gasteiger charge is 2.37. The zero-order valence-electron chi connectivity index (χ0n) is 28.6. The number of halogens is 2. The maximum Gasteiger partial charge on any atom is 0.306 e. The number of carboxylic acid groups (broad SMARTS) is 1. The summed E-state index contributed by atoms with van der Waals surface area (Å²) in [5.41, 5.74) is 0.639. The first-order valence-electron chi connectivity index (χ1n) is 16.3. The Morgan fingerprint density at radius 1 is 1.08 bits per heavy atom. The number of sulfone groups is 1. The summed E-state index contributed by atoms with van der Waals surface area (Å²) >= 11 is 0. The molecule has 1 aliphatic heterocycles. The minimum Gasteiger partial charge on any atom is -0.481 e. The molecule has 0 amide bonds. The molecular weight excluding hydrogens is 666 g/mol. The first-order valence-corrected chi connectivity index (χ1v) is 18.2. The van der Waals surface area contributed by atoms with Crippen molar-refractivity contribution in [2.45, 2.75) is 46.0 Å². The van der Waals surface area contributed by atoms with Gasteiger partial charge in [0.25, 0.3) is 0 Å². The summed E-state index contributed by atoms with van der Waals surface area (Å²) in [5.74, 6) is -2.79. The van der Waals surface area contributed by atoms with Gasteiger partial charge in [0.15, 0.2) is 33.1 Å². The normalized spacial score (nSPS) is 19.9. The largest absolute Gasteiger partial charge is 0.481 e. The first-order chi connectivity index (χ1) is 23.5. The van der Waals surface area contributed by atoms with Crippen LogP contribution in [0, 0.1) is 23.0 Å². The SMILES string of the molecule is CC(Cc1cccc(C2(C)COCC(C)(C)CS(=O)(=O)CCc3c(c(F)cc4[nH]ccc34)Oc3ccc(F)c(c3)-c3nc2nn3C)c1)C(=O)O. The highest BCUT2D eigenvalue weighted by molar-refractivity contribution is 7.91. The van der Waals surface area contributed by atoms with Crippen LogP contribution in [0.4, 0.5) is 8.78 Å². The molecule has 2 unspecified atom stereocenters. The summed E-state index contributed by atoms with van der Waals surface area (Å²) in [6.07, 6.45) is 1.92. The van der Waals surface area contributed by atoms with Crippen LogP contribution in [0.3, 0.4) is 0 Å². The van der Waals surface area contributed by atoms with Gasteiger partial charge in [0.2, 0.25) is 0 Å². The van der Waals surface area contributed by atoms with Crippen LogP contribution in [0.15, 0.2) is 60.8 Å². The highest BCUT2D eigenvalue weighted by Crippen LogP contribution is 2.38. The van der Waals surface area contributed by atoms with Gasteiger partial charge in [-0.2, -0.15) is 5.10 Å². The molecular formula is C37H40F2N4O6S. The molecule has 4 bridgehead atoms. The van der Waals surface area contributed by atoms with E-state index in [1.54, 1.807) is 26.2 Å². The Morgan fingerprint density at radius 3 is 2.62 bits per heavy atom. The van der Waals surface area contributed by atoms with Crippen LogP contribution in [0.25, 0.3) is 22.3 Å². The van der Waals surface area contributed by atoms with Gasteiger partial charge in [-0.1, -0.05) is 45.0 Å². The van der Waals surface area contributed by atoms with E-state index in [0.717, 1.165) is 11.1 Å². The number of aromatic nitrogens is 4. The van der Waals surface area contributed by atoms with Gasteiger partial charge in [0, 0.05) is 41.2 Å². The lowest BCUT2D eigenvalue weighted by atomic mass is 9.81. The van der Waals surface area contributed by atoms with E-state index in [2.05, 4.69) is 4.98 Å². The number of benzene rings is 3. The zero-order valence-corrected chi connectivity index (χ0v) is 29.4. The molecule has 0 saturated carbocycles. The Hall–Kier alpha value is -4.62. The Kier molecular flexibility index (Phi) is 9.33. The highest BCUT2D eigenvalue weighted by atomic mass is 32.2. The third-order valence-corrected chi connectivity index (χ3v) is 11.3. The van der Waals surface area contributed by atoms with E-state index in [1.807, 2.05) is 45.0 Å². The van der Waals surface area contributed by atoms with Crippen molar-refractivity contribution in [3.63, 3.8) is 0 Å². The Bertz CT molecular complexity index is 2200. The number of nitrogens with one attached hydrogen (secondary N) is 1. The molecule has 13 heteroatoms. The number of aryl methyl sites for hydroxylation is 2. The van der Waals surface area contributed by atoms with E-state index in [9.17, 15) is 18.3 Å². The van der Waals surface area contributed by atoms with Gasteiger partial charge < -0.3 is 19.6 Å². The van der Waals surface area contributed by atoms with Crippen LogP contribution in [0.1, 0.15) is 50.2 Å². The van der Waals surface area contributed by atoms with Crippen LogP contribution in [-0.2, 0) is 44.7 Å². The summed E-state index contributed by atoms with van der Waals surface area (Å²) in [5, 5.41) is 14.8. The molecule has 10 nitrogen and oxygen atoms in total. The molecule has 2 atom stereocenters. The summed E-state index contributed by atoms with van der Waals surface area (Å²) in [4.78, 5) is 19.4. The fraction of sp³-hybridized carbons (Fsp3) is 0.378. The van der Waals surface area contributed by atoms with Crippen molar-refractivity contribution in [2.75, 3.05) is 24.7 Å². The van der Waals surface area contributed by atoms with E-state index in [0.29, 0.717) is 28.7 Å². The van der Waals surface area contributed by atoms with Crippen LogP contribution in [0.2, 0.25) is 0 Å². The second kappa shape index (κ2) is 13.3. The van der Waals surface area contributed by atoms with Crippen molar-refractivity contribution in [3.05, 3.63) is 94.9 Å². The second-order valence-corrected chi connectivity index (χ2v) is 16.4. The smallest absolute Gasteiger partial charge is 0.306 e. The number of H-pyrrole nitrogens is 1. The van der Waals surface area contributed by atoms with Crippen LogP contribution >= 0.6 is 0 Å². The maximum absolute atomic E-state index is 15.7. The second-order valence-electron chi connectivity index (χ2n) is 14.2. The molecule has 3 heterocycles. The Balaban J connectivity index is 1.50. The number of rotatable bonds is 4. The number of hydrogen-bond acceptors (Lipinski definition) is 7. The van der Waals surface area contributed by atoms with Crippen LogP contribution in [-0.4, -0.2) is 64.0 Å². The van der Waals surface area contributed by atoms with Crippen molar-refractivity contribution in [1.82, 2.24) is 19.7 Å². The van der Waals surface area contributed by atoms with Crippen LogP contribution in [0.5, 0.6) is 11.5 Å². The van der Waals surface area contributed by atoms with E-state index >= 15 is 8.78 Å². The number of hydrogen-bond donors (Lipinski definition) is 2. The summed E-state index contributed by atoms with van der Waals surface area (Å²) in [6, 6.07) is 14.5. The van der Waals surface area contributed by atoms with E-state index in [4.69, 9.17) is 19.6 Å². The van der Waals surface area contributed by atoms with Crippen molar-refractivity contribution < 1.29 is 36.6 Å². The Labute approximate surface area is 289 Å². The maximum atomic E-state index is 15.7. The van der Waals surface area contributed by atoms with Crippen molar-refractivity contribution >= 4 is 26.7 Å². The quantitative estimate of drug-likeness (QED) is 0.213. The monoisotopic (exact) mass is 706 g/mol. The van der Waals surface area contributed by atoms with Gasteiger partial charge in [0.1, 0.15) is 11.6 Å². The van der Waals surface area contributed by atoms with Crippen molar-refractivity contribution in [3.8, 4) is 22.9 Å². The molecule has 2 aromatic heterocycles. The van der Waals surface area contributed by atoms with Gasteiger partial charge >= 0.3 is 5.97 Å². The number of carboxylic acids is 1. The topological polar surface area (TPSA) is 136 Å². The number of carbonyl (C=O) groups is 1. The third kappa shape index (κ3) is 7.15. The van der Waals surface area contributed by atoms with Crippen LogP contribution < -0.4 is 4.74 Å². The van der Waals surface area contributed by atoms with Gasteiger partial charge in [-0.15, -0.1) is 0 Å². The van der Waals surface area contributed by atoms with Crippen molar-refractivity contribution in [1.29, 1.82) is 0 Å². The average Bonchev–Trinajstić information content (AvgIpc) is 3.67. The first kappa shape index (κ1) is 35.2. The van der Waals surface area contributed by atoms with E-state index in [1.165, 1.54) is 28.9 Å². The van der Waals surface area contributed by atoms with Crippen molar-refractivity contribution in [2.24, 2.45) is 18.4 Å². The predicted octanol–water partition coefficient (Wildman–Crippen LogP) is 6.62. The minimum absolute atomic E-state index is 0.0175. The number of ether oxygens (including phenoxy) is 2. The number of aromatic amines is 1. The number of aliphatic carboxylic acids is 1. The standard InChI is InChI=1S/C37H40F2N4O6S/c1-22(34(44)45)15-23-7-6-8-24(16-23)37(4)20-48-19-36(2,3)21-50(46,47)14-12-27-26-11-13-40-31(26)18-30(39)32(27)49-25-9-10-29(38)28(17-25)33-41-35(37)42-43(33)5/h6-11,13,16-18,22,40H,12,14-15,19-21H2,1-5H3,(H,44,45). The molecule has 0 aliphatic carbocycles. The lowest BCUT2D eigenvalue weighted by Gasteiger charge is -2.31. The summed E-state index contributed by atoms with van der Waals surface area (Å²) < 4.78 is 72.2. The molecule has 1 aliphatic rings. The van der Waals surface area contributed by atoms with E-state index < -0.39 is 44.2 Å². The van der Waals surface area contributed by atoms with Gasteiger partial charge in [-0.3, -0.25) is 4.79 Å². The molecule has 50 heavy (non-hydrogen) atoms. The fourth-order valence-corrected chi connectivity index (χ4v) is 8.48. The van der Waals surface area contributed by atoms with Gasteiger partial charge in [0.05, 0.1) is 41.6 Å². The van der Waals surface area contributed by atoms with Gasteiger partial charge in [-0.25, -0.2) is 26.9 Å². The molecule has 5 aromatic rings. The lowest BCUT2D eigenvalue weighted by Crippen LogP contribution is -2.36. The summed E-state index contributed by atoms with van der Waals surface area (Å²) in [6.45, 7) is 7.25. The molecule has 2 N–H and O–H groups in total. The molecule has 6 rings (SSSR count). The average molecular weight is 707 g/mol. The molecule has 0 saturated heterocycles. The molecule has 0 spiro atoms. The molecule has 264 valence electrons. The molecule has 3 aromatic carbocycles. The minimum atomic E-state index is -3.67. The fourth-order valence-electron chi connectivity index (χ4n) is 6.55. The van der Waals surface area contributed by atoms with Gasteiger partial charge in [-0.05, 0) is 55.2 Å². The Morgan fingerprint density at radius 2 is 1.86 bits per heavy atom. The lowest BCUT2D eigenvalue weighted by molar-refractivity contribution is -0.141. The molecule has 0 radical (unpaired) electrons. The number of fused-ring (bicyclic) bond motifs is 8. The molecule has 0 fully saturated rings. The summed E-state index contributed by atoms with van der Waals surface area (Å²) in [7, 11) is -2.04.